The minimum absolute atomic E-state index is 0.169. The van der Waals surface area contributed by atoms with Crippen molar-refractivity contribution in [2.24, 2.45) is 5.41 Å². The number of nitrogens with zero attached hydrogens (tertiary/aromatic N) is 2. The van der Waals surface area contributed by atoms with E-state index < -0.39 is 0 Å². The first-order chi connectivity index (χ1) is 10.5. The summed E-state index contributed by atoms with van der Waals surface area (Å²) in [5, 5.41) is 0.660. The topological polar surface area (TPSA) is 40.6 Å². The molecule has 1 spiro atoms. The average molecular weight is 321 g/mol. The van der Waals surface area contributed by atoms with Gasteiger partial charge in [0, 0.05) is 49.4 Å². The molecule has 0 aliphatic carbocycles. The van der Waals surface area contributed by atoms with Crippen molar-refractivity contribution < 1.29 is 9.59 Å². The highest BCUT2D eigenvalue weighted by Crippen LogP contribution is 2.42. The normalized spacial score (nSPS) is 20.5. The fourth-order valence-electron chi connectivity index (χ4n) is 3.74. The highest BCUT2D eigenvalue weighted by atomic mass is 35.5. The molecule has 2 fully saturated rings. The molecule has 1 amide bonds. The number of piperidine rings is 1. The molecule has 0 atom stereocenters. The van der Waals surface area contributed by atoms with Gasteiger partial charge in [0.15, 0.2) is 6.29 Å². The maximum atomic E-state index is 11.5. The Labute approximate surface area is 136 Å². The lowest BCUT2D eigenvalue weighted by atomic mass is 9.78. The standard InChI is InChI=1S/C17H21ClN2O2/c1-13(22)19-7-4-17(5-8-19)6-9-20(12-17)16-10-15(18)3-2-14(16)11-21/h2-3,10-11H,4-9,12H2,1H3. The molecule has 0 unspecified atom stereocenters. The number of likely N-dealkylation sites (tertiary alicyclic amines) is 1. The first-order valence-electron chi connectivity index (χ1n) is 7.78. The smallest absolute Gasteiger partial charge is 0.219 e. The van der Waals surface area contributed by atoms with Crippen LogP contribution in [-0.2, 0) is 4.79 Å². The molecule has 5 heteroatoms. The molecule has 2 heterocycles. The Hall–Kier alpha value is -1.55. The van der Waals surface area contributed by atoms with Gasteiger partial charge in [-0.05, 0) is 42.9 Å². The average Bonchev–Trinajstić information content (AvgIpc) is 2.91. The number of rotatable bonds is 2. The lowest BCUT2D eigenvalue weighted by Gasteiger charge is -2.39. The van der Waals surface area contributed by atoms with Gasteiger partial charge in [0.05, 0.1) is 0 Å². The van der Waals surface area contributed by atoms with Crippen LogP contribution in [0.25, 0.3) is 0 Å². The third-order valence-electron chi connectivity index (χ3n) is 5.17. The number of carbonyl (C=O) groups excluding carboxylic acids is 2. The third-order valence-corrected chi connectivity index (χ3v) is 5.40. The number of benzene rings is 1. The van der Waals surface area contributed by atoms with Crippen molar-refractivity contribution in [2.45, 2.75) is 26.2 Å². The van der Waals surface area contributed by atoms with Crippen LogP contribution in [-0.4, -0.2) is 43.3 Å². The molecule has 2 saturated heterocycles. The van der Waals surface area contributed by atoms with Gasteiger partial charge in [-0.2, -0.15) is 0 Å². The van der Waals surface area contributed by atoms with E-state index in [-0.39, 0.29) is 11.3 Å². The summed E-state index contributed by atoms with van der Waals surface area (Å²) >= 11 is 6.10. The maximum Gasteiger partial charge on any atom is 0.219 e. The molecule has 2 aliphatic heterocycles. The number of aldehydes is 1. The van der Waals surface area contributed by atoms with Gasteiger partial charge in [0.2, 0.25) is 5.91 Å². The Bertz CT molecular complexity index is 594. The second-order valence-corrected chi connectivity index (χ2v) is 6.94. The Balaban J connectivity index is 1.74. The largest absolute Gasteiger partial charge is 0.370 e. The summed E-state index contributed by atoms with van der Waals surface area (Å²) in [6.45, 7) is 5.22. The van der Waals surface area contributed by atoms with E-state index in [2.05, 4.69) is 4.90 Å². The van der Waals surface area contributed by atoms with E-state index in [0.29, 0.717) is 10.6 Å². The highest BCUT2D eigenvalue weighted by molar-refractivity contribution is 6.31. The van der Waals surface area contributed by atoms with E-state index in [9.17, 15) is 9.59 Å². The fraction of sp³-hybridized carbons (Fsp3) is 0.529. The molecule has 3 rings (SSSR count). The molecular formula is C17H21ClN2O2. The third kappa shape index (κ3) is 2.84. The molecule has 0 radical (unpaired) electrons. The number of hydrogen-bond acceptors (Lipinski definition) is 3. The van der Waals surface area contributed by atoms with Crippen LogP contribution in [0.2, 0.25) is 5.02 Å². The van der Waals surface area contributed by atoms with Crippen molar-refractivity contribution in [3.05, 3.63) is 28.8 Å². The molecule has 1 aromatic carbocycles. The summed E-state index contributed by atoms with van der Waals surface area (Å²) in [5.74, 6) is 0.169. The zero-order valence-corrected chi connectivity index (χ0v) is 13.6. The van der Waals surface area contributed by atoms with Crippen molar-refractivity contribution >= 4 is 29.5 Å². The monoisotopic (exact) mass is 320 g/mol. The molecular weight excluding hydrogens is 300 g/mol. The number of halogens is 1. The summed E-state index contributed by atoms with van der Waals surface area (Å²) < 4.78 is 0. The number of amides is 1. The van der Waals surface area contributed by atoms with Crippen LogP contribution in [0.15, 0.2) is 18.2 Å². The van der Waals surface area contributed by atoms with E-state index >= 15 is 0 Å². The van der Waals surface area contributed by atoms with Crippen molar-refractivity contribution in [3.63, 3.8) is 0 Å². The Kier molecular flexibility index (Phi) is 4.13. The van der Waals surface area contributed by atoms with Crippen molar-refractivity contribution in [1.82, 2.24) is 4.90 Å². The lowest BCUT2D eigenvalue weighted by molar-refractivity contribution is -0.130. The molecule has 0 N–H and O–H groups in total. The molecule has 2 aliphatic rings. The van der Waals surface area contributed by atoms with E-state index in [0.717, 1.165) is 57.4 Å². The number of carbonyl (C=O) groups is 2. The van der Waals surface area contributed by atoms with Crippen molar-refractivity contribution in [3.8, 4) is 0 Å². The minimum Gasteiger partial charge on any atom is -0.370 e. The van der Waals surface area contributed by atoms with Crippen molar-refractivity contribution in [1.29, 1.82) is 0 Å². The van der Waals surface area contributed by atoms with Gasteiger partial charge in [-0.15, -0.1) is 0 Å². The minimum atomic E-state index is 0.169. The second-order valence-electron chi connectivity index (χ2n) is 6.50. The van der Waals surface area contributed by atoms with Gasteiger partial charge < -0.3 is 9.80 Å². The van der Waals surface area contributed by atoms with Crippen LogP contribution in [0, 0.1) is 5.41 Å². The zero-order valence-electron chi connectivity index (χ0n) is 12.8. The van der Waals surface area contributed by atoms with Crippen LogP contribution in [0.1, 0.15) is 36.5 Å². The number of hydrogen-bond donors (Lipinski definition) is 0. The summed E-state index contributed by atoms with van der Waals surface area (Å²) in [4.78, 5) is 26.9. The molecule has 1 aromatic rings. The van der Waals surface area contributed by atoms with E-state index in [4.69, 9.17) is 11.6 Å². The first-order valence-corrected chi connectivity index (χ1v) is 8.16. The van der Waals surface area contributed by atoms with Gasteiger partial charge in [0.1, 0.15) is 0 Å². The van der Waals surface area contributed by atoms with Gasteiger partial charge in [-0.25, -0.2) is 0 Å². The van der Waals surface area contributed by atoms with Crippen LogP contribution in [0.5, 0.6) is 0 Å². The van der Waals surface area contributed by atoms with E-state index in [1.54, 1.807) is 19.1 Å². The van der Waals surface area contributed by atoms with Crippen LogP contribution in [0.4, 0.5) is 5.69 Å². The molecule has 4 nitrogen and oxygen atoms in total. The highest BCUT2D eigenvalue weighted by Gasteiger charge is 2.41. The molecule has 0 saturated carbocycles. The van der Waals surface area contributed by atoms with Crippen LogP contribution < -0.4 is 4.90 Å². The van der Waals surface area contributed by atoms with E-state index in [1.165, 1.54) is 0 Å². The van der Waals surface area contributed by atoms with Gasteiger partial charge >= 0.3 is 0 Å². The molecule has 118 valence electrons. The Morgan fingerprint density at radius 1 is 1.23 bits per heavy atom. The summed E-state index contributed by atoms with van der Waals surface area (Å²) in [6, 6.07) is 5.43. The Morgan fingerprint density at radius 2 is 1.91 bits per heavy atom. The summed E-state index contributed by atoms with van der Waals surface area (Å²) in [6.07, 6.45) is 4.10. The summed E-state index contributed by atoms with van der Waals surface area (Å²) in [7, 11) is 0. The molecule has 22 heavy (non-hydrogen) atoms. The maximum absolute atomic E-state index is 11.5. The summed E-state index contributed by atoms with van der Waals surface area (Å²) in [5.41, 5.74) is 1.91. The fourth-order valence-corrected chi connectivity index (χ4v) is 3.90. The second kappa shape index (κ2) is 5.92. The molecule has 0 bridgehead atoms. The lowest BCUT2D eigenvalue weighted by Crippen LogP contribution is -2.43. The van der Waals surface area contributed by atoms with Gasteiger partial charge in [0.25, 0.3) is 0 Å². The predicted molar refractivity (Wildman–Crippen MR) is 87.6 cm³/mol. The molecule has 0 aromatic heterocycles. The first kappa shape index (κ1) is 15.3. The van der Waals surface area contributed by atoms with Crippen LogP contribution in [0.3, 0.4) is 0 Å². The number of anilines is 1. The predicted octanol–water partition coefficient (Wildman–Crippen LogP) is 2.99. The van der Waals surface area contributed by atoms with Crippen LogP contribution >= 0.6 is 11.6 Å². The zero-order chi connectivity index (χ0) is 15.7. The Morgan fingerprint density at radius 3 is 2.55 bits per heavy atom. The van der Waals surface area contributed by atoms with Gasteiger partial charge in [-0.3, -0.25) is 9.59 Å². The van der Waals surface area contributed by atoms with E-state index in [1.807, 2.05) is 11.0 Å². The SMILES string of the molecule is CC(=O)N1CCC2(CC1)CCN(c1cc(Cl)ccc1C=O)C2. The van der Waals surface area contributed by atoms with Gasteiger partial charge in [-0.1, -0.05) is 11.6 Å². The van der Waals surface area contributed by atoms with Crippen molar-refractivity contribution in [2.75, 3.05) is 31.1 Å². The quantitative estimate of drug-likeness (QED) is 0.787.